The molecule has 7 heteroatoms. The average Bonchev–Trinajstić information content (AvgIpc) is 3.05. The molecule has 0 fully saturated rings. The van der Waals surface area contributed by atoms with Gasteiger partial charge in [-0.05, 0) is 41.2 Å². The van der Waals surface area contributed by atoms with E-state index in [1.165, 1.54) is 23.3 Å². The maximum Gasteiger partial charge on any atom is 0.224 e. The van der Waals surface area contributed by atoms with E-state index in [2.05, 4.69) is 63.1 Å². The summed E-state index contributed by atoms with van der Waals surface area (Å²) in [5, 5.41) is 11.5. The minimum Gasteiger partial charge on any atom is -0.349 e. The topological polar surface area (TPSA) is 63.1 Å². The van der Waals surface area contributed by atoms with Gasteiger partial charge < -0.3 is 9.88 Å². The van der Waals surface area contributed by atoms with Crippen LogP contribution in [-0.2, 0) is 43.7 Å². The third-order valence-electron chi connectivity index (χ3n) is 5.97. The number of rotatable bonds is 8. The molecule has 2 heterocycles. The molecule has 4 rings (SSSR count). The van der Waals surface area contributed by atoms with Crippen LogP contribution < -0.4 is 5.32 Å². The highest BCUT2D eigenvalue weighted by Gasteiger charge is 2.19. The lowest BCUT2D eigenvalue weighted by Gasteiger charge is -2.20. The monoisotopic (exact) mass is 449 g/mol. The molecule has 0 radical (unpaired) electrons. The van der Waals surface area contributed by atoms with Crippen molar-refractivity contribution in [2.75, 3.05) is 13.1 Å². The van der Waals surface area contributed by atoms with E-state index in [4.69, 9.17) is 0 Å². The van der Waals surface area contributed by atoms with Crippen molar-refractivity contribution in [1.82, 2.24) is 25.0 Å². The summed E-state index contributed by atoms with van der Waals surface area (Å²) in [4.78, 5) is 14.7. The van der Waals surface area contributed by atoms with Crippen LogP contribution in [0.25, 0.3) is 0 Å². The summed E-state index contributed by atoms with van der Waals surface area (Å²) in [6, 6.07) is 15.1. The van der Waals surface area contributed by atoms with Gasteiger partial charge in [-0.15, -0.1) is 10.2 Å². The number of amides is 1. The third-order valence-corrected chi connectivity index (χ3v) is 5.97. The summed E-state index contributed by atoms with van der Waals surface area (Å²) in [6.45, 7) is 8.35. The van der Waals surface area contributed by atoms with Crippen molar-refractivity contribution in [2.24, 2.45) is 5.92 Å². The fourth-order valence-electron chi connectivity index (χ4n) is 4.30. The fourth-order valence-corrected chi connectivity index (χ4v) is 4.30. The largest absolute Gasteiger partial charge is 0.349 e. The third kappa shape index (κ3) is 6.48. The van der Waals surface area contributed by atoms with Crippen molar-refractivity contribution in [2.45, 2.75) is 52.7 Å². The maximum atomic E-state index is 13.3. The average molecular weight is 450 g/mol. The number of halogens is 1. The van der Waals surface area contributed by atoms with E-state index in [9.17, 15) is 9.18 Å². The molecule has 0 saturated carbocycles. The first-order valence-electron chi connectivity index (χ1n) is 11.7. The molecule has 2 aromatic carbocycles. The summed E-state index contributed by atoms with van der Waals surface area (Å²) in [6.07, 6.45) is 2.08. The Morgan fingerprint density at radius 2 is 1.82 bits per heavy atom. The normalized spacial score (nSPS) is 14.2. The molecule has 1 aliphatic rings. The van der Waals surface area contributed by atoms with Gasteiger partial charge in [-0.3, -0.25) is 9.69 Å². The van der Waals surface area contributed by atoms with Gasteiger partial charge in [-0.2, -0.15) is 0 Å². The highest BCUT2D eigenvalue weighted by Crippen LogP contribution is 2.15. The number of carbonyl (C=O) groups excluding carboxylic acids is 1. The Morgan fingerprint density at radius 3 is 2.58 bits per heavy atom. The van der Waals surface area contributed by atoms with Crippen LogP contribution in [0.3, 0.4) is 0 Å². The number of carbonyl (C=O) groups is 1. The van der Waals surface area contributed by atoms with Crippen molar-refractivity contribution < 1.29 is 9.18 Å². The molecule has 6 nitrogen and oxygen atoms in total. The van der Waals surface area contributed by atoms with Gasteiger partial charge in [-0.25, -0.2) is 4.39 Å². The highest BCUT2D eigenvalue weighted by atomic mass is 19.1. The quantitative estimate of drug-likeness (QED) is 0.572. The number of benzene rings is 2. The first kappa shape index (κ1) is 23.1. The zero-order valence-electron chi connectivity index (χ0n) is 19.4. The van der Waals surface area contributed by atoms with Gasteiger partial charge >= 0.3 is 0 Å². The summed E-state index contributed by atoms with van der Waals surface area (Å²) in [5.41, 5.74) is 3.37. The van der Waals surface area contributed by atoms with Gasteiger partial charge in [0.15, 0.2) is 5.82 Å². The van der Waals surface area contributed by atoms with Crippen LogP contribution in [0.5, 0.6) is 0 Å². The van der Waals surface area contributed by atoms with E-state index in [-0.39, 0.29) is 18.1 Å². The molecule has 0 aliphatic carbocycles. The van der Waals surface area contributed by atoms with Gasteiger partial charge in [0, 0.05) is 32.6 Å². The van der Waals surface area contributed by atoms with Gasteiger partial charge in [-0.1, -0.05) is 50.2 Å². The highest BCUT2D eigenvalue weighted by molar-refractivity contribution is 5.78. The van der Waals surface area contributed by atoms with E-state index >= 15 is 0 Å². The van der Waals surface area contributed by atoms with E-state index in [0.717, 1.165) is 50.7 Å². The molecular formula is C26H32FN5O. The zero-order valence-corrected chi connectivity index (χ0v) is 19.4. The van der Waals surface area contributed by atoms with Crippen molar-refractivity contribution in [3.8, 4) is 0 Å². The lowest BCUT2D eigenvalue weighted by Crippen LogP contribution is -2.28. The summed E-state index contributed by atoms with van der Waals surface area (Å²) >= 11 is 0. The van der Waals surface area contributed by atoms with Crippen molar-refractivity contribution in [3.63, 3.8) is 0 Å². The number of hydrogen-bond donors (Lipinski definition) is 1. The summed E-state index contributed by atoms with van der Waals surface area (Å²) < 4.78 is 15.4. The molecule has 0 spiro atoms. The van der Waals surface area contributed by atoms with Gasteiger partial charge in [0.05, 0.1) is 13.0 Å². The van der Waals surface area contributed by atoms with Crippen molar-refractivity contribution in [1.29, 1.82) is 0 Å². The first-order valence-corrected chi connectivity index (χ1v) is 11.7. The number of hydrogen-bond acceptors (Lipinski definition) is 4. The van der Waals surface area contributed by atoms with Crippen molar-refractivity contribution >= 4 is 5.91 Å². The number of fused-ring (bicyclic) bond motifs is 1. The first-order chi connectivity index (χ1) is 16.0. The van der Waals surface area contributed by atoms with Crippen LogP contribution in [0.4, 0.5) is 4.39 Å². The molecule has 33 heavy (non-hydrogen) atoms. The Morgan fingerprint density at radius 1 is 1.03 bits per heavy atom. The Bertz CT molecular complexity index is 1080. The smallest absolute Gasteiger partial charge is 0.224 e. The predicted octanol–water partition coefficient (Wildman–Crippen LogP) is 3.53. The molecule has 1 N–H and O–H groups in total. The van der Waals surface area contributed by atoms with Gasteiger partial charge in [0.25, 0.3) is 0 Å². The SMILES string of the molecule is CC(C)Cc1ccc(CN2CCc3nnc(CNC(=O)Cc4cccc(F)c4)n3CC2)cc1. The summed E-state index contributed by atoms with van der Waals surface area (Å²) in [7, 11) is 0. The van der Waals surface area contributed by atoms with Crippen LogP contribution in [-0.4, -0.2) is 38.7 Å². The minimum atomic E-state index is -0.334. The maximum absolute atomic E-state index is 13.3. The molecule has 0 unspecified atom stereocenters. The second-order valence-corrected chi connectivity index (χ2v) is 9.21. The van der Waals surface area contributed by atoms with E-state index in [1.54, 1.807) is 12.1 Å². The predicted molar refractivity (Wildman–Crippen MR) is 126 cm³/mol. The second kappa shape index (κ2) is 10.7. The Hall–Kier alpha value is -3.06. The van der Waals surface area contributed by atoms with E-state index < -0.39 is 0 Å². The molecule has 1 aromatic heterocycles. The number of nitrogens with one attached hydrogen (secondary N) is 1. The second-order valence-electron chi connectivity index (χ2n) is 9.21. The molecule has 3 aromatic rings. The number of aromatic nitrogens is 3. The van der Waals surface area contributed by atoms with Crippen LogP contribution in [0.2, 0.25) is 0 Å². The Balaban J connectivity index is 1.29. The van der Waals surface area contributed by atoms with Crippen LogP contribution >= 0.6 is 0 Å². The summed E-state index contributed by atoms with van der Waals surface area (Å²) in [5.74, 6) is 1.89. The van der Waals surface area contributed by atoms with Crippen LogP contribution in [0.15, 0.2) is 48.5 Å². The molecule has 1 aliphatic heterocycles. The van der Waals surface area contributed by atoms with Crippen LogP contribution in [0.1, 0.15) is 42.2 Å². The molecule has 0 bridgehead atoms. The minimum absolute atomic E-state index is 0.141. The molecule has 0 atom stereocenters. The van der Waals surface area contributed by atoms with Gasteiger partial charge in [0.1, 0.15) is 11.6 Å². The fraction of sp³-hybridized carbons (Fsp3) is 0.423. The van der Waals surface area contributed by atoms with E-state index in [0.29, 0.717) is 18.0 Å². The lowest BCUT2D eigenvalue weighted by atomic mass is 10.0. The van der Waals surface area contributed by atoms with Crippen LogP contribution in [0, 0.1) is 11.7 Å². The Labute approximate surface area is 194 Å². The standard InChI is InChI=1S/C26H32FN5O/c1-19(2)14-20-6-8-21(9-7-20)18-31-11-10-24-29-30-25(32(24)13-12-31)17-28-26(33)16-22-4-3-5-23(27)15-22/h3-9,15,19H,10-14,16-18H2,1-2H3,(H,28,33). The van der Waals surface area contributed by atoms with Gasteiger partial charge in [0.2, 0.25) is 5.91 Å². The molecular weight excluding hydrogens is 417 g/mol. The van der Waals surface area contributed by atoms with Crippen molar-refractivity contribution in [3.05, 3.63) is 82.7 Å². The van der Waals surface area contributed by atoms with E-state index in [1.807, 2.05) is 0 Å². The Kier molecular flexibility index (Phi) is 7.50. The zero-order chi connectivity index (χ0) is 23.2. The molecule has 174 valence electrons. The number of nitrogens with zero attached hydrogens (tertiary/aromatic N) is 4. The molecule has 0 saturated heterocycles. The lowest BCUT2D eigenvalue weighted by molar-refractivity contribution is -0.120. The molecule has 1 amide bonds.